The van der Waals surface area contributed by atoms with Gasteiger partial charge in [-0.2, -0.15) is 0 Å². The van der Waals surface area contributed by atoms with Crippen LogP contribution in [-0.2, 0) is 6.42 Å². The van der Waals surface area contributed by atoms with Crippen molar-refractivity contribution in [1.29, 1.82) is 0 Å². The molecule has 1 N–H and O–H groups in total. The van der Waals surface area contributed by atoms with Crippen molar-refractivity contribution in [1.82, 2.24) is 15.2 Å². The molecule has 0 saturated carbocycles. The summed E-state index contributed by atoms with van der Waals surface area (Å²) in [5.74, 6) is 1.89. The normalized spacial score (nSPS) is 14.6. The van der Waals surface area contributed by atoms with E-state index >= 15 is 0 Å². The number of guanidine groups is 1. The lowest BCUT2D eigenvalue weighted by atomic mass is 10.2. The van der Waals surface area contributed by atoms with Crippen molar-refractivity contribution in [2.24, 2.45) is 4.99 Å². The number of aliphatic imine (C=N–C) groups is 1. The van der Waals surface area contributed by atoms with E-state index in [9.17, 15) is 0 Å². The van der Waals surface area contributed by atoms with Crippen molar-refractivity contribution >= 4 is 47.2 Å². The Kier molecular flexibility index (Phi) is 9.11. The van der Waals surface area contributed by atoms with Gasteiger partial charge in [0.2, 0.25) is 0 Å². The van der Waals surface area contributed by atoms with Gasteiger partial charge in [-0.3, -0.25) is 4.98 Å². The molecule has 6 nitrogen and oxygen atoms in total. The highest BCUT2D eigenvalue weighted by molar-refractivity contribution is 14.0. The molecule has 2 aromatic rings. The molecule has 1 aliphatic rings. The number of halogens is 2. The fourth-order valence-corrected chi connectivity index (χ4v) is 3.25. The number of nitrogens with zero attached hydrogens (tertiary/aromatic N) is 4. The van der Waals surface area contributed by atoms with Crippen LogP contribution >= 0.6 is 35.6 Å². The van der Waals surface area contributed by atoms with Gasteiger partial charge in [-0.25, -0.2) is 4.99 Å². The van der Waals surface area contributed by atoms with Gasteiger partial charge in [-0.15, -0.1) is 24.0 Å². The number of piperazine rings is 1. The number of hydrogen-bond acceptors (Lipinski definition) is 4. The molecule has 0 atom stereocenters. The molecule has 28 heavy (non-hydrogen) atoms. The maximum atomic E-state index is 6.29. The third kappa shape index (κ3) is 6.41. The molecular weight excluding hydrogens is 489 g/mol. The molecule has 0 aromatic carbocycles. The number of aromatic nitrogens is 1. The molecule has 1 fully saturated rings. The molecule has 0 spiro atoms. The van der Waals surface area contributed by atoms with Crippen LogP contribution < -0.4 is 10.2 Å². The number of nitrogens with one attached hydrogen (secondary N) is 1. The van der Waals surface area contributed by atoms with Gasteiger partial charge in [0.25, 0.3) is 0 Å². The predicted molar refractivity (Wildman–Crippen MR) is 126 cm³/mol. The van der Waals surface area contributed by atoms with Crippen molar-refractivity contribution in [3.05, 3.63) is 59.8 Å². The standard InChI is InChI=1S/C20H26ClN5O.HI/c1-16(2)14-24-20(23-8-5-17-4-3-13-27-17)26-11-9-25(10-12-26)19-6-7-22-15-18(19)21;/h3-4,6-7,13,15H,1,5,8-12,14H2,2H3,(H,23,24);1H. The zero-order valence-corrected chi connectivity index (χ0v) is 19.2. The van der Waals surface area contributed by atoms with Crippen LogP contribution in [0.5, 0.6) is 0 Å². The summed E-state index contributed by atoms with van der Waals surface area (Å²) in [7, 11) is 0. The van der Waals surface area contributed by atoms with Crippen molar-refractivity contribution < 1.29 is 4.42 Å². The zero-order valence-electron chi connectivity index (χ0n) is 16.1. The molecule has 3 rings (SSSR count). The van der Waals surface area contributed by atoms with E-state index in [-0.39, 0.29) is 24.0 Å². The molecule has 1 saturated heterocycles. The van der Waals surface area contributed by atoms with E-state index in [2.05, 4.69) is 26.7 Å². The Bertz CT molecular complexity index is 773. The van der Waals surface area contributed by atoms with Crippen LogP contribution in [0.3, 0.4) is 0 Å². The second kappa shape index (κ2) is 11.3. The highest BCUT2D eigenvalue weighted by atomic mass is 127. The number of anilines is 1. The van der Waals surface area contributed by atoms with Gasteiger partial charge in [0.1, 0.15) is 5.76 Å². The summed E-state index contributed by atoms with van der Waals surface area (Å²) in [4.78, 5) is 13.4. The third-order valence-electron chi connectivity index (χ3n) is 4.40. The van der Waals surface area contributed by atoms with Gasteiger partial charge in [0.05, 0.1) is 23.5 Å². The van der Waals surface area contributed by atoms with E-state index in [4.69, 9.17) is 21.0 Å². The van der Waals surface area contributed by atoms with E-state index in [0.29, 0.717) is 11.6 Å². The first-order valence-corrected chi connectivity index (χ1v) is 9.56. The van der Waals surface area contributed by atoms with Gasteiger partial charge < -0.3 is 19.5 Å². The van der Waals surface area contributed by atoms with Crippen LogP contribution in [0.4, 0.5) is 5.69 Å². The first-order chi connectivity index (χ1) is 13.1. The van der Waals surface area contributed by atoms with E-state index in [1.807, 2.05) is 25.1 Å². The number of rotatable bonds is 6. The summed E-state index contributed by atoms with van der Waals surface area (Å²) in [5, 5.41) is 4.16. The maximum Gasteiger partial charge on any atom is 0.194 e. The van der Waals surface area contributed by atoms with Gasteiger partial charge >= 0.3 is 0 Å². The summed E-state index contributed by atoms with van der Waals surface area (Å²) >= 11 is 6.29. The topological polar surface area (TPSA) is 56.9 Å². The van der Waals surface area contributed by atoms with Crippen LogP contribution in [0.1, 0.15) is 12.7 Å². The molecule has 2 aromatic heterocycles. The molecule has 0 amide bonds. The molecule has 0 radical (unpaired) electrons. The molecule has 1 aliphatic heterocycles. The molecular formula is C20H27ClIN5O. The Morgan fingerprint density at radius 2 is 2.11 bits per heavy atom. The molecule has 0 unspecified atom stereocenters. The SMILES string of the molecule is C=C(C)CN=C(NCCc1ccco1)N1CCN(c2ccncc2Cl)CC1.I. The predicted octanol–water partition coefficient (Wildman–Crippen LogP) is 3.83. The second-order valence-electron chi connectivity index (χ2n) is 6.65. The number of furan rings is 1. The van der Waals surface area contributed by atoms with E-state index in [1.165, 1.54) is 0 Å². The van der Waals surface area contributed by atoms with Crippen LogP contribution in [0.25, 0.3) is 0 Å². The average Bonchev–Trinajstić information content (AvgIpc) is 3.18. The minimum absolute atomic E-state index is 0. The van der Waals surface area contributed by atoms with Crippen molar-refractivity contribution in [3.8, 4) is 0 Å². The lowest BCUT2D eigenvalue weighted by Crippen LogP contribution is -2.53. The minimum Gasteiger partial charge on any atom is -0.469 e. The first kappa shape index (κ1) is 22.5. The van der Waals surface area contributed by atoms with Crippen LogP contribution in [0.2, 0.25) is 5.02 Å². The Morgan fingerprint density at radius 3 is 2.75 bits per heavy atom. The monoisotopic (exact) mass is 515 g/mol. The average molecular weight is 516 g/mol. The van der Waals surface area contributed by atoms with Gasteiger partial charge in [-0.1, -0.05) is 23.8 Å². The van der Waals surface area contributed by atoms with Gasteiger partial charge in [0.15, 0.2) is 5.96 Å². The quantitative estimate of drug-likeness (QED) is 0.274. The lowest BCUT2D eigenvalue weighted by Gasteiger charge is -2.38. The Hall–Kier alpha value is -1.74. The minimum atomic E-state index is 0. The highest BCUT2D eigenvalue weighted by Crippen LogP contribution is 2.25. The van der Waals surface area contributed by atoms with Crippen molar-refractivity contribution in [2.75, 3.05) is 44.2 Å². The molecule has 152 valence electrons. The van der Waals surface area contributed by atoms with Gasteiger partial charge in [-0.05, 0) is 25.1 Å². The fraction of sp³-hybridized carbons (Fsp3) is 0.400. The third-order valence-corrected chi connectivity index (χ3v) is 4.70. The molecule has 0 aliphatic carbocycles. The van der Waals surface area contributed by atoms with E-state index in [1.54, 1.807) is 18.7 Å². The molecule has 0 bridgehead atoms. The zero-order chi connectivity index (χ0) is 19.1. The van der Waals surface area contributed by atoms with Gasteiger partial charge in [0, 0.05) is 51.5 Å². The smallest absolute Gasteiger partial charge is 0.194 e. The van der Waals surface area contributed by atoms with E-state index in [0.717, 1.165) is 62.1 Å². The maximum absolute atomic E-state index is 6.29. The number of hydrogen-bond donors (Lipinski definition) is 1. The van der Waals surface area contributed by atoms with Crippen molar-refractivity contribution in [2.45, 2.75) is 13.3 Å². The summed E-state index contributed by atoms with van der Waals surface area (Å²) in [5.41, 5.74) is 2.08. The Balaban J connectivity index is 0.00000280. The molecule has 3 heterocycles. The second-order valence-corrected chi connectivity index (χ2v) is 7.06. The lowest BCUT2D eigenvalue weighted by molar-refractivity contribution is 0.371. The first-order valence-electron chi connectivity index (χ1n) is 9.18. The highest BCUT2D eigenvalue weighted by Gasteiger charge is 2.21. The number of pyridine rings is 1. The summed E-state index contributed by atoms with van der Waals surface area (Å²) in [6.45, 7) is 10.9. The van der Waals surface area contributed by atoms with Crippen LogP contribution in [0.15, 0.2) is 58.4 Å². The summed E-state index contributed by atoms with van der Waals surface area (Å²) in [6.07, 6.45) is 6.00. The largest absolute Gasteiger partial charge is 0.469 e. The summed E-state index contributed by atoms with van der Waals surface area (Å²) in [6, 6.07) is 5.87. The van der Waals surface area contributed by atoms with Crippen molar-refractivity contribution in [3.63, 3.8) is 0 Å². The fourth-order valence-electron chi connectivity index (χ4n) is 3.01. The summed E-state index contributed by atoms with van der Waals surface area (Å²) < 4.78 is 5.40. The Morgan fingerprint density at radius 1 is 1.32 bits per heavy atom. The Labute approximate surface area is 188 Å². The van der Waals surface area contributed by atoms with Crippen LogP contribution in [-0.4, -0.2) is 55.1 Å². The van der Waals surface area contributed by atoms with Crippen LogP contribution in [0, 0.1) is 0 Å². The van der Waals surface area contributed by atoms with E-state index < -0.39 is 0 Å². The molecule has 8 heteroatoms.